The molecule has 2 aromatic rings. The van der Waals surface area contributed by atoms with E-state index in [2.05, 4.69) is 47.9 Å². The van der Waals surface area contributed by atoms with Crippen molar-refractivity contribution in [2.24, 2.45) is 10.7 Å². The van der Waals surface area contributed by atoms with Gasteiger partial charge in [-0.3, -0.25) is 4.79 Å². The molecular weight excluding hydrogens is 376 g/mol. The summed E-state index contributed by atoms with van der Waals surface area (Å²) in [5, 5.41) is 6.92. The number of ether oxygens (including phenoxy) is 1. The second-order valence-electron chi connectivity index (χ2n) is 7.80. The van der Waals surface area contributed by atoms with Crippen molar-refractivity contribution in [3.63, 3.8) is 0 Å². The number of hydrogen-bond donors (Lipinski definition) is 3. The molecule has 1 amide bonds. The summed E-state index contributed by atoms with van der Waals surface area (Å²) in [6.07, 6.45) is 4.93. The molecule has 6 heteroatoms. The lowest BCUT2D eigenvalue weighted by atomic mass is 9.79. The first-order chi connectivity index (χ1) is 14.6. The van der Waals surface area contributed by atoms with Gasteiger partial charge in [0.1, 0.15) is 5.75 Å². The van der Waals surface area contributed by atoms with Crippen LogP contribution in [0.3, 0.4) is 0 Å². The van der Waals surface area contributed by atoms with Gasteiger partial charge in [-0.25, -0.2) is 4.99 Å². The van der Waals surface area contributed by atoms with Crippen molar-refractivity contribution in [3.8, 4) is 5.75 Å². The lowest BCUT2D eigenvalue weighted by Gasteiger charge is -2.30. The first kappa shape index (κ1) is 21.7. The van der Waals surface area contributed by atoms with E-state index in [0.29, 0.717) is 12.3 Å². The molecule has 0 unspecified atom stereocenters. The Morgan fingerprint density at radius 3 is 2.57 bits per heavy atom. The average molecular weight is 409 g/mol. The normalized spacial score (nSPS) is 15.6. The number of primary amides is 1. The summed E-state index contributed by atoms with van der Waals surface area (Å²) < 4.78 is 5.39. The highest BCUT2D eigenvalue weighted by Crippen LogP contribution is 2.40. The summed E-state index contributed by atoms with van der Waals surface area (Å²) in [7, 11) is 0. The number of nitrogens with zero attached hydrogens (tertiary/aromatic N) is 1. The summed E-state index contributed by atoms with van der Waals surface area (Å²) in [5.41, 5.74) is 7.73. The van der Waals surface area contributed by atoms with Gasteiger partial charge in [-0.2, -0.15) is 0 Å². The number of carbonyl (C=O) groups excluding carboxylic acids is 1. The molecule has 1 fully saturated rings. The van der Waals surface area contributed by atoms with Crippen LogP contribution in [-0.2, 0) is 16.8 Å². The highest BCUT2D eigenvalue weighted by molar-refractivity contribution is 5.80. The van der Waals surface area contributed by atoms with Crippen molar-refractivity contribution in [3.05, 3.63) is 65.7 Å². The van der Waals surface area contributed by atoms with E-state index in [1.807, 2.05) is 24.3 Å². The third-order valence-corrected chi connectivity index (χ3v) is 5.58. The van der Waals surface area contributed by atoms with Crippen LogP contribution in [0, 0.1) is 0 Å². The molecule has 3 rings (SSSR count). The lowest BCUT2D eigenvalue weighted by Crippen LogP contribution is -2.44. The molecule has 0 aliphatic heterocycles. The fraction of sp³-hybridized carbons (Fsp3) is 0.417. The van der Waals surface area contributed by atoms with Crippen molar-refractivity contribution >= 4 is 11.9 Å². The van der Waals surface area contributed by atoms with E-state index in [1.165, 1.54) is 31.2 Å². The molecule has 30 heavy (non-hydrogen) atoms. The third-order valence-electron chi connectivity index (χ3n) is 5.58. The van der Waals surface area contributed by atoms with Crippen LogP contribution in [0.4, 0.5) is 0 Å². The van der Waals surface area contributed by atoms with Gasteiger partial charge in [0.05, 0.1) is 6.54 Å². The maximum atomic E-state index is 10.9. The van der Waals surface area contributed by atoms with E-state index in [-0.39, 0.29) is 12.0 Å². The van der Waals surface area contributed by atoms with Crippen LogP contribution >= 0.6 is 0 Å². The first-order valence-electron chi connectivity index (χ1n) is 10.7. The van der Waals surface area contributed by atoms with Gasteiger partial charge in [0.15, 0.2) is 12.6 Å². The molecular formula is C24H32N4O2. The van der Waals surface area contributed by atoms with Crippen LogP contribution < -0.4 is 21.1 Å². The van der Waals surface area contributed by atoms with Crippen molar-refractivity contribution in [2.75, 3.05) is 19.7 Å². The monoisotopic (exact) mass is 408 g/mol. The molecule has 0 radical (unpaired) electrons. The van der Waals surface area contributed by atoms with Crippen molar-refractivity contribution in [2.45, 2.75) is 44.6 Å². The highest BCUT2D eigenvalue weighted by Gasteiger charge is 2.35. The molecule has 160 valence electrons. The van der Waals surface area contributed by atoms with Gasteiger partial charge < -0.3 is 21.1 Å². The maximum absolute atomic E-state index is 10.9. The molecule has 6 nitrogen and oxygen atoms in total. The fourth-order valence-corrected chi connectivity index (χ4v) is 4.06. The summed E-state index contributed by atoms with van der Waals surface area (Å²) in [6.45, 7) is 4.12. The van der Waals surface area contributed by atoms with E-state index < -0.39 is 5.91 Å². The number of nitrogens with two attached hydrogens (primary N) is 1. The maximum Gasteiger partial charge on any atom is 0.255 e. The predicted molar refractivity (Wildman–Crippen MR) is 121 cm³/mol. The zero-order chi connectivity index (χ0) is 21.2. The van der Waals surface area contributed by atoms with E-state index in [0.717, 1.165) is 24.6 Å². The van der Waals surface area contributed by atoms with E-state index in [1.54, 1.807) is 0 Å². The number of hydrogen-bond acceptors (Lipinski definition) is 3. The number of aliphatic imine (C=N–C) groups is 1. The Bertz CT molecular complexity index is 845. The molecule has 4 N–H and O–H groups in total. The zero-order valence-corrected chi connectivity index (χ0v) is 17.7. The molecule has 0 aromatic heterocycles. The Hall–Kier alpha value is -3.02. The first-order valence-corrected chi connectivity index (χ1v) is 10.7. The minimum atomic E-state index is -0.490. The topological polar surface area (TPSA) is 88.7 Å². The minimum Gasteiger partial charge on any atom is -0.484 e. The average Bonchev–Trinajstić information content (AvgIpc) is 3.25. The minimum absolute atomic E-state index is 0.127. The standard InChI is InChI=1S/C24H32N4O2/c1-2-26-23(27-16-19-9-8-12-21(15-19)30-17-22(25)29)28-18-24(13-6-7-14-24)20-10-4-3-5-11-20/h3-5,8-12,15H,2,6-7,13-14,16-18H2,1H3,(H2,25,29)(H2,26,27,28). The molecule has 0 spiro atoms. The second kappa shape index (κ2) is 10.7. The van der Waals surface area contributed by atoms with Gasteiger partial charge in [-0.1, -0.05) is 55.3 Å². The van der Waals surface area contributed by atoms with Gasteiger partial charge in [-0.05, 0) is 43.0 Å². The fourth-order valence-electron chi connectivity index (χ4n) is 4.06. The number of amides is 1. The van der Waals surface area contributed by atoms with Crippen LogP contribution in [0.15, 0.2) is 59.6 Å². The number of guanidine groups is 1. The van der Waals surface area contributed by atoms with E-state index >= 15 is 0 Å². The summed E-state index contributed by atoms with van der Waals surface area (Å²) >= 11 is 0. The van der Waals surface area contributed by atoms with Gasteiger partial charge in [0.2, 0.25) is 0 Å². The number of nitrogens with one attached hydrogen (secondary N) is 2. The largest absolute Gasteiger partial charge is 0.484 e. The highest BCUT2D eigenvalue weighted by atomic mass is 16.5. The molecule has 0 bridgehead atoms. The third kappa shape index (κ3) is 5.99. The van der Waals surface area contributed by atoms with Crippen LogP contribution in [0.2, 0.25) is 0 Å². The van der Waals surface area contributed by atoms with Crippen molar-refractivity contribution < 1.29 is 9.53 Å². The van der Waals surface area contributed by atoms with Crippen molar-refractivity contribution in [1.82, 2.24) is 10.6 Å². The Kier molecular flexibility index (Phi) is 7.71. The molecule has 1 aliphatic carbocycles. The molecule has 0 saturated heterocycles. The van der Waals surface area contributed by atoms with E-state index in [4.69, 9.17) is 15.5 Å². The van der Waals surface area contributed by atoms with Gasteiger partial charge in [-0.15, -0.1) is 0 Å². The Morgan fingerprint density at radius 1 is 1.10 bits per heavy atom. The molecule has 0 atom stereocenters. The van der Waals surface area contributed by atoms with Crippen LogP contribution in [0.5, 0.6) is 5.75 Å². The molecule has 0 heterocycles. The van der Waals surface area contributed by atoms with Crippen LogP contribution in [-0.4, -0.2) is 31.6 Å². The van der Waals surface area contributed by atoms with Gasteiger partial charge in [0.25, 0.3) is 5.91 Å². The lowest BCUT2D eigenvalue weighted by molar-refractivity contribution is -0.119. The summed E-state index contributed by atoms with van der Waals surface area (Å²) in [6, 6.07) is 18.4. The summed E-state index contributed by atoms with van der Waals surface area (Å²) in [4.78, 5) is 15.7. The van der Waals surface area contributed by atoms with Crippen LogP contribution in [0.1, 0.15) is 43.7 Å². The molecule has 1 aliphatic rings. The smallest absolute Gasteiger partial charge is 0.255 e. The van der Waals surface area contributed by atoms with Gasteiger partial charge >= 0.3 is 0 Å². The quantitative estimate of drug-likeness (QED) is 0.439. The zero-order valence-electron chi connectivity index (χ0n) is 17.7. The Balaban J connectivity index is 1.66. The summed E-state index contributed by atoms with van der Waals surface area (Å²) in [5.74, 6) is 0.938. The predicted octanol–water partition coefficient (Wildman–Crippen LogP) is 3.12. The van der Waals surface area contributed by atoms with Crippen LogP contribution in [0.25, 0.3) is 0 Å². The second-order valence-corrected chi connectivity index (χ2v) is 7.80. The number of rotatable bonds is 9. The van der Waals surface area contributed by atoms with Gasteiger partial charge in [0, 0.05) is 18.5 Å². The Labute approximate surface area is 178 Å². The molecule has 1 saturated carbocycles. The number of carbonyl (C=O) groups is 1. The SMILES string of the molecule is CCNC(=NCc1cccc(OCC(N)=O)c1)NCC1(c2ccccc2)CCCC1. The Morgan fingerprint density at radius 2 is 1.87 bits per heavy atom. The van der Waals surface area contributed by atoms with E-state index in [9.17, 15) is 4.79 Å². The number of benzene rings is 2. The molecule has 2 aromatic carbocycles. The van der Waals surface area contributed by atoms with Crippen molar-refractivity contribution in [1.29, 1.82) is 0 Å².